The molecular weight excluding hydrogens is 256 g/mol. The minimum absolute atomic E-state index is 0.0114. The summed E-state index contributed by atoms with van der Waals surface area (Å²) in [5.74, 6) is 1.48. The summed E-state index contributed by atoms with van der Waals surface area (Å²) in [6, 6.07) is 3.93. The molecule has 1 unspecified atom stereocenters. The van der Waals surface area contributed by atoms with Crippen molar-refractivity contribution in [1.29, 1.82) is 0 Å². The molecule has 1 N–H and O–H groups in total. The zero-order valence-corrected chi connectivity index (χ0v) is 12.9. The molecule has 2 rings (SSSR count). The molecular formula is C15H26N2O3. The molecule has 0 radical (unpaired) electrons. The van der Waals surface area contributed by atoms with Gasteiger partial charge in [-0.25, -0.2) is 0 Å². The molecule has 0 saturated carbocycles. The van der Waals surface area contributed by atoms with Gasteiger partial charge in [0.2, 0.25) is 5.88 Å². The SMILES string of the molecule is CC.Cc1cc(OC(C)CO)nc(N2CCOCC2)c1. The lowest BCUT2D eigenvalue weighted by Gasteiger charge is -2.28. The zero-order valence-electron chi connectivity index (χ0n) is 12.9. The van der Waals surface area contributed by atoms with Crippen molar-refractivity contribution in [2.45, 2.75) is 33.8 Å². The third kappa shape index (κ3) is 4.98. The maximum Gasteiger partial charge on any atom is 0.215 e. The van der Waals surface area contributed by atoms with Gasteiger partial charge in [0.05, 0.1) is 19.8 Å². The second-order valence-electron chi connectivity index (χ2n) is 4.55. The van der Waals surface area contributed by atoms with Gasteiger partial charge in [0.1, 0.15) is 11.9 Å². The third-order valence-electron chi connectivity index (χ3n) is 2.85. The van der Waals surface area contributed by atoms with Crippen LogP contribution in [0.15, 0.2) is 12.1 Å². The van der Waals surface area contributed by atoms with Crippen molar-refractivity contribution in [3.05, 3.63) is 17.7 Å². The van der Waals surface area contributed by atoms with E-state index in [2.05, 4.69) is 9.88 Å². The molecule has 20 heavy (non-hydrogen) atoms. The minimum Gasteiger partial charge on any atom is -0.472 e. The fourth-order valence-electron chi connectivity index (χ4n) is 1.88. The van der Waals surface area contributed by atoms with E-state index in [1.807, 2.05) is 39.8 Å². The molecule has 1 aromatic heterocycles. The van der Waals surface area contributed by atoms with Crippen LogP contribution in [0.5, 0.6) is 5.88 Å². The van der Waals surface area contributed by atoms with Crippen LogP contribution < -0.4 is 9.64 Å². The maximum absolute atomic E-state index is 9.00. The number of nitrogens with zero attached hydrogens (tertiary/aromatic N) is 2. The summed E-state index contributed by atoms with van der Waals surface area (Å²) in [6.07, 6.45) is -0.239. The Morgan fingerprint density at radius 3 is 2.60 bits per heavy atom. The lowest BCUT2D eigenvalue weighted by atomic mass is 10.2. The van der Waals surface area contributed by atoms with Gasteiger partial charge < -0.3 is 19.5 Å². The normalized spacial score (nSPS) is 16.1. The Morgan fingerprint density at radius 1 is 1.35 bits per heavy atom. The van der Waals surface area contributed by atoms with Crippen molar-refractivity contribution in [2.24, 2.45) is 0 Å². The molecule has 0 bridgehead atoms. The molecule has 5 heteroatoms. The molecule has 1 aromatic rings. The van der Waals surface area contributed by atoms with E-state index in [0.717, 1.165) is 37.7 Å². The molecule has 114 valence electrons. The van der Waals surface area contributed by atoms with Crippen LogP contribution in [0.4, 0.5) is 5.82 Å². The van der Waals surface area contributed by atoms with E-state index in [0.29, 0.717) is 5.88 Å². The summed E-state index contributed by atoms with van der Waals surface area (Å²) >= 11 is 0. The second-order valence-corrected chi connectivity index (χ2v) is 4.55. The third-order valence-corrected chi connectivity index (χ3v) is 2.85. The van der Waals surface area contributed by atoms with E-state index < -0.39 is 0 Å². The summed E-state index contributed by atoms with van der Waals surface area (Å²) in [7, 11) is 0. The fraction of sp³-hybridized carbons (Fsp3) is 0.667. The number of hydrogen-bond acceptors (Lipinski definition) is 5. The number of hydrogen-bond donors (Lipinski definition) is 1. The molecule has 1 aliphatic heterocycles. The lowest BCUT2D eigenvalue weighted by Crippen LogP contribution is -2.36. The largest absolute Gasteiger partial charge is 0.472 e. The van der Waals surface area contributed by atoms with E-state index in [1.54, 1.807) is 0 Å². The Kier molecular flexibility index (Phi) is 7.33. The molecule has 2 heterocycles. The van der Waals surface area contributed by atoms with Gasteiger partial charge in [0.15, 0.2) is 0 Å². The number of aryl methyl sites for hydroxylation is 1. The Balaban J connectivity index is 0.000000956. The van der Waals surface area contributed by atoms with E-state index in [9.17, 15) is 0 Å². The predicted octanol–water partition coefficient (Wildman–Crippen LogP) is 2.01. The monoisotopic (exact) mass is 282 g/mol. The molecule has 1 atom stereocenters. The van der Waals surface area contributed by atoms with E-state index in [4.69, 9.17) is 14.6 Å². The van der Waals surface area contributed by atoms with Crippen molar-refractivity contribution in [3.63, 3.8) is 0 Å². The van der Waals surface area contributed by atoms with Crippen LogP contribution in [0.25, 0.3) is 0 Å². The lowest BCUT2D eigenvalue weighted by molar-refractivity contribution is 0.120. The van der Waals surface area contributed by atoms with E-state index >= 15 is 0 Å². The van der Waals surface area contributed by atoms with Crippen molar-refractivity contribution in [3.8, 4) is 5.88 Å². The Bertz CT molecular complexity index is 393. The highest BCUT2D eigenvalue weighted by Gasteiger charge is 2.14. The number of aliphatic hydroxyl groups excluding tert-OH is 1. The number of morpholine rings is 1. The van der Waals surface area contributed by atoms with Crippen LogP contribution in [-0.2, 0) is 4.74 Å². The number of anilines is 1. The van der Waals surface area contributed by atoms with Crippen LogP contribution in [0.1, 0.15) is 26.3 Å². The van der Waals surface area contributed by atoms with Gasteiger partial charge in [0.25, 0.3) is 0 Å². The average Bonchev–Trinajstić information content (AvgIpc) is 2.49. The summed E-state index contributed by atoms with van der Waals surface area (Å²) < 4.78 is 10.9. The summed E-state index contributed by atoms with van der Waals surface area (Å²) in [5, 5.41) is 9.00. The number of pyridine rings is 1. The van der Waals surface area contributed by atoms with Gasteiger partial charge in [-0.05, 0) is 25.5 Å². The standard InChI is InChI=1S/C13H20N2O3.C2H6/c1-10-7-12(15-3-5-17-6-4-15)14-13(8-10)18-11(2)9-16;1-2/h7-8,11,16H,3-6,9H2,1-2H3;1-2H3. The first kappa shape index (κ1) is 16.7. The van der Waals surface area contributed by atoms with Crippen molar-refractivity contribution < 1.29 is 14.6 Å². The molecule has 1 aliphatic rings. The Morgan fingerprint density at radius 2 is 2.00 bits per heavy atom. The van der Waals surface area contributed by atoms with Crippen LogP contribution in [0.2, 0.25) is 0 Å². The first-order valence-electron chi connectivity index (χ1n) is 7.28. The summed E-state index contributed by atoms with van der Waals surface area (Å²) in [6.45, 7) is 11.0. The smallest absolute Gasteiger partial charge is 0.215 e. The summed E-state index contributed by atoms with van der Waals surface area (Å²) in [4.78, 5) is 6.67. The van der Waals surface area contributed by atoms with Gasteiger partial charge >= 0.3 is 0 Å². The molecule has 5 nitrogen and oxygen atoms in total. The number of aromatic nitrogens is 1. The first-order chi connectivity index (χ1) is 9.69. The Hall–Kier alpha value is -1.33. The van der Waals surface area contributed by atoms with Crippen LogP contribution >= 0.6 is 0 Å². The van der Waals surface area contributed by atoms with Gasteiger partial charge in [-0.1, -0.05) is 13.8 Å². The van der Waals surface area contributed by atoms with Gasteiger partial charge in [-0.15, -0.1) is 0 Å². The van der Waals surface area contributed by atoms with Crippen LogP contribution in [-0.4, -0.2) is 49.1 Å². The number of ether oxygens (including phenoxy) is 2. The molecule has 0 amide bonds. The molecule has 0 aliphatic carbocycles. The number of aliphatic hydroxyl groups is 1. The van der Waals surface area contributed by atoms with Crippen molar-refractivity contribution in [2.75, 3.05) is 37.8 Å². The van der Waals surface area contributed by atoms with Crippen molar-refractivity contribution in [1.82, 2.24) is 4.98 Å². The highest BCUT2D eigenvalue weighted by Crippen LogP contribution is 2.20. The molecule has 1 fully saturated rings. The Labute approximate surface area is 121 Å². The van der Waals surface area contributed by atoms with Crippen LogP contribution in [0, 0.1) is 6.92 Å². The topological polar surface area (TPSA) is 54.8 Å². The average molecular weight is 282 g/mol. The molecule has 0 spiro atoms. The first-order valence-corrected chi connectivity index (χ1v) is 7.28. The van der Waals surface area contributed by atoms with E-state index in [-0.39, 0.29) is 12.7 Å². The molecule has 1 saturated heterocycles. The van der Waals surface area contributed by atoms with Gasteiger partial charge in [-0.2, -0.15) is 4.98 Å². The fourth-order valence-corrected chi connectivity index (χ4v) is 1.88. The predicted molar refractivity (Wildman–Crippen MR) is 80.5 cm³/mol. The van der Waals surface area contributed by atoms with Gasteiger partial charge in [-0.3, -0.25) is 0 Å². The molecule has 0 aromatic carbocycles. The highest BCUT2D eigenvalue weighted by atomic mass is 16.5. The van der Waals surface area contributed by atoms with Crippen LogP contribution in [0.3, 0.4) is 0 Å². The van der Waals surface area contributed by atoms with Crippen molar-refractivity contribution >= 4 is 5.82 Å². The minimum atomic E-state index is -0.239. The number of rotatable bonds is 4. The summed E-state index contributed by atoms with van der Waals surface area (Å²) in [5.41, 5.74) is 1.10. The highest BCUT2D eigenvalue weighted by molar-refractivity contribution is 5.44. The zero-order chi connectivity index (χ0) is 15.0. The maximum atomic E-state index is 9.00. The second kappa shape index (κ2) is 8.76. The van der Waals surface area contributed by atoms with Gasteiger partial charge in [0, 0.05) is 19.2 Å². The van der Waals surface area contributed by atoms with E-state index in [1.165, 1.54) is 0 Å². The quantitative estimate of drug-likeness (QED) is 0.915.